The van der Waals surface area contributed by atoms with E-state index in [4.69, 9.17) is 5.11 Å². The van der Waals surface area contributed by atoms with Crippen LogP contribution in [0.2, 0.25) is 0 Å². The number of aromatic hydroxyl groups is 1. The van der Waals surface area contributed by atoms with Gasteiger partial charge in [0.05, 0.1) is 18.7 Å². The molecule has 0 aliphatic rings. The van der Waals surface area contributed by atoms with Gasteiger partial charge in [0, 0.05) is 5.75 Å². The highest BCUT2D eigenvalue weighted by atomic mass is 32.2. The lowest BCUT2D eigenvalue weighted by Gasteiger charge is -2.11. The molecule has 1 heterocycles. The van der Waals surface area contributed by atoms with Crippen LogP contribution in [-0.4, -0.2) is 37.3 Å². The molecule has 0 saturated heterocycles. The summed E-state index contributed by atoms with van der Waals surface area (Å²) in [7, 11) is 0. The molecule has 23 heavy (non-hydrogen) atoms. The summed E-state index contributed by atoms with van der Waals surface area (Å²) < 4.78 is 1.96. The summed E-state index contributed by atoms with van der Waals surface area (Å²) in [5, 5.41) is 28.4. The molecule has 3 rings (SSSR count). The van der Waals surface area contributed by atoms with E-state index in [1.54, 1.807) is 12.1 Å². The molecule has 0 atom stereocenters. The maximum atomic E-state index is 10.1. The zero-order chi connectivity index (χ0) is 16.1. The topological polar surface area (TPSA) is 71.2 Å². The van der Waals surface area contributed by atoms with Crippen molar-refractivity contribution in [3.8, 4) is 17.1 Å². The molecule has 0 fully saturated rings. The van der Waals surface area contributed by atoms with Crippen LogP contribution in [0.5, 0.6) is 5.75 Å². The first-order chi connectivity index (χ1) is 11.3. The van der Waals surface area contributed by atoms with Crippen LogP contribution in [0.15, 0.2) is 59.8 Å². The Labute approximate surface area is 138 Å². The minimum atomic E-state index is 0.0782. The van der Waals surface area contributed by atoms with Crippen molar-refractivity contribution in [3.63, 3.8) is 0 Å². The maximum absolute atomic E-state index is 10.1. The summed E-state index contributed by atoms with van der Waals surface area (Å²) in [5.74, 6) is 1.34. The number of phenolic OH excluding ortho intramolecular Hbond substituents is 1. The van der Waals surface area contributed by atoms with Gasteiger partial charge in [-0.3, -0.25) is 4.57 Å². The van der Waals surface area contributed by atoms with E-state index in [1.807, 2.05) is 47.0 Å². The van der Waals surface area contributed by atoms with Gasteiger partial charge in [0.25, 0.3) is 0 Å². The summed E-state index contributed by atoms with van der Waals surface area (Å²) in [4.78, 5) is 0. The second-order valence-corrected chi connectivity index (χ2v) is 6.03. The minimum absolute atomic E-state index is 0.0782. The van der Waals surface area contributed by atoms with Crippen LogP contribution in [0.25, 0.3) is 11.4 Å². The Bertz CT molecular complexity index is 775. The van der Waals surface area contributed by atoms with E-state index < -0.39 is 0 Å². The molecule has 3 aromatic rings. The summed E-state index contributed by atoms with van der Waals surface area (Å²) in [6.07, 6.45) is 0. The Morgan fingerprint density at radius 1 is 0.957 bits per heavy atom. The van der Waals surface area contributed by atoms with Crippen molar-refractivity contribution >= 4 is 11.8 Å². The Hall–Kier alpha value is -2.31. The van der Waals surface area contributed by atoms with Gasteiger partial charge in [-0.1, -0.05) is 54.2 Å². The fraction of sp³-hybridized carbons (Fsp3) is 0.176. The number of aliphatic hydroxyl groups is 1. The second kappa shape index (κ2) is 7.30. The molecule has 0 saturated carbocycles. The number of hydrogen-bond acceptors (Lipinski definition) is 5. The standard InChI is InChI=1S/C17H17N3O2S/c21-10-11-23-17-19-18-16(14-8-4-5-9-15(14)22)20(17)12-13-6-2-1-3-7-13/h1-9,21-22H,10-12H2. The number of hydrogen-bond donors (Lipinski definition) is 2. The third-order valence-corrected chi connectivity index (χ3v) is 4.31. The summed E-state index contributed by atoms with van der Waals surface area (Å²) in [5.41, 5.74) is 1.77. The van der Waals surface area contributed by atoms with Crippen LogP contribution in [0, 0.1) is 0 Å². The Kier molecular flexibility index (Phi) is 4.95. The van der Waals surface area contributed by atoms with Crippen LogP contribution in [-0.2, 0) is 6.54 Å². The van der Waals surface area contributed by atoms with Gasteiger partial charge in [-0.05, 0) is 17.7 Å². The van der Waals surface area contributed by atoms with Crippen molar-refractivity contribution in [2.45, 2.75) is 11.7 Å². The number of aromatic nitrogens is 3. The monoisotopic (exact) mass is 327 g/mol. The van der Waals surface area contributed by atoms with E-state index in [9.17, 15) is 5.11 Å². The molecule has 2 N–H and O–H groups in total. The third kappa shape index (κ3) is 3.55. The summed E-state index contributed by atoms with van der Waals surface area (Å²) in [6.45, 7) is 0.681. The average molecular weight is 327 g/mol. The van der Waals surface area contributed by atoms with E-state index >= 15 is 0 Å². The molecule has 2 aromatic carbocycles. The first kappa shape index (κ1) is 15.6. The summed E-state index contributed by atoms with van der Waals surface area (Å²) in [6, 6.07) is 17.1. The van der Waals surface area contributed by atoms with Crippen molar-refractivity contribution in [1.29, 1.82) is 0 Å². The molecule has 5 nitrogen and oxygen atoms in total. The molecule has 118 valence electrons. The second-order valence-electron chi connectivity index (χ2n) is 4.97. The number of aliphatic hydroxyl groups excluding tert-OH is 1. The average Bonchev–Trinajstić information content (AvgIpc) is 2.97. The molecule has 0 spiro atoms. The van der Waals surface area contributed by atoms with Crippen LogP contribution >= 0.6 is 11.8 Å². The first-order valence-electron chi connectivity index (χ1n) is 7.28. The van der Waals surface area contributed by atoms with Crippen molar-refractivity contribution in [2.75, 3.05) is 12.4 Å². The Morgan fingerprint density at radius 3 is 2.43 bits per heavy atom. The minimum Gasteiger partial charge on any atom is -0.507 e. The Morgan fingerprint density at radius 2 is 1.70 bits per heavy atom. The first-order valence-corrected chi connectivity index (χ1v) is 8.27. The predicted molar refractivity (Wildman–Crippen MR) is 90.5 cm³/mol. The number of rotatable bonds is 6. The van der Waals surface area contributed by atoms with Crippen LogP contribution in [0.3, 0.4) is 0 Å². The fourth-order valence-corrected chi connectivity index (χ4v) is 2.98. The molecule has 0 unspecified atom stereocenters. The lowest BCUT2D eigenvalue weighted by molar-refractivity contribution is 0.322. The van der Waals surface area contributed by atoms with Crippen molar-refractivity contribution in [1.82, 2.24) is 14.8 Å². The van der Waals surface area contributed by atoms with E-state index in [0.717, 1.165) is 10.7 Å². The highest BCUT2D eigenvalue weighted by Crippen LogP contribution is 2.30. The van der Waals surface area contributed by atoms with Gasteiger partial charge < -0.3 is 10.2 Å². The highest BCUT2D eigenvalue weighted by Gasteiger charge is 2.16. The number of para-hydroxylation sites is 1. The lowest BCUT2D eigenvalue weighted by atomic mass is 10.1. The van der Waals surface area contributed by atoms with E-state index in [1.165, 1.54) is 11.8 Å². The lowest BCUT2D eigenvalue weighted by Crippen LogP contribution is -2.04. The predicted octanol–water partition coefficient (Wildman–Crippen LogP) is 2.78. The van der Waals surface area contributed by atoms with Crippen LogP contribution < -0.4 is 0 Å². The molecule has 0 radical (unpaired) electrons. The van der Waals surface area contributed by atoms with Gasteiger partial charge in [0.1, 0.15) is 5.75 Å². The van der Waals surface area contributed by atoms with Gasteiger partial charge in [0.15, 0.2) is 11.0 Å². The fourth-order valence-electron chi connectivity index (χ4n) is 2.30. The number of thioether (sulfide) groups is 1. The molecular formula is C17H17N3O2S. The van der Waals surface area contributed by atoms with Crippen LogP contribution in [0.4, 0.5) is 0 Å². The van der Waals surface area contributed by atoms with Gasteiger partial charge in [-0.15, -0.1) is 10.2 Å². The van der Waals surface area contributed by atoms with Crippen LogP contribution in [0.1, 0.15) is 5.56 Å². The third-order valence-electron chi connectivity index (χ3n) is 3.37. The van der Waals surface area contributed by atoms with Crippen molar-refractivity contribution < 1.29 is 10.2 Å². The summed E-state index contributed by atoms with van der Waals surface area (Å²) >= 11 is 1.45. The number of nitrogens with zero attached hydrogens (tertiary/aromatic N) is 3. The van der Waals surface area contributed by atoms with Gasteiger partial charge >= 0.3 is 0 Å². The van der Waals surface area contributed by atoms with E-state index in [2.05, 4.69) is 10.2 Å². The largest absolute Gasteiger partial charge is 0.507 e. The molecule has 6 heteroatoms. The quantitative estimate of drug-likeness (QED) is 0.681. The van der Waals surface area contributed by atoms with E-state index in [0.29, 0.717) is 23.7 Å². The van der Waals surface area contributed by atoms with Gasteiger partial charge in [-0.25, -0.2) is 0 Å². The van der Waals surface area contributed by atoms with Gasteiger partial charge in [-0.2, -0.15) is 0 Å². The molecule has 0 bridgehead atoms. The zero-order valence-electron chi connectivity index (χ0n) is 12.5. The normalized spacial score (nSPS) is 10.8. The smallest absolute Gasteiger partial charge is 0.191 e. The SMILES string of the molecule is OCCSc1nnc(-c2ccccc2O)n1Cc1ccccc1. The highest BCUT2D eigenvalue weighted by molar-refractivity contribution is 7.99. The van der Waals surface area contributed by atoms with Gasteiger partial charge in [0.2, 0.25) is 0 Å². The molecular weight excluding hydrogens is 310 g/mol. The molecule has 0 amide bonds. The zero-order valence-corrected chi connectivity index (χ0v) is 13.3. The van der Waals surface area contributed by atoms with Crippen molar-refractivity contribution in [3.05, 3.63) is 60.2 Å². The molecule has 1 aromatic heterocycles. The molecule has 0 aliphatic carbocycles. The Balaban J connectivity index is 2.02. The maximum Gasteiger partial charge on any atom is 0.191 e. The number of benzene rings is 2. The molecule has 0 aliphatic heterocycles. The van der Waals surface area contributed by atoms with E-state index in [-0.39, 0.29) is 12.4 Å². The van der Waals surface area contributed by atoms with Crippen molar-refractivity contribution in [2.24, 2.45) is 0 Å². The number of phenols is 1.